The van der Waals surface area contributed by atoms with Gasteiger partial charge in [0, 0.05) is 31.2 Å². The molecular weight excluding hydrogens is 312 g/mol. The summed E-state index contributed by atoms with van der Waals surface area (Å²) in [7, 11) is -3.57. The lowest BCUT2D eigenvalue weighted by molar-refractivity contribution is 0.399. The average molecular weight is 335 g/mol. The number of nitrogens with one attached hydrogen (secondary N) is 1. The SMILES string of the molecule is Cl.NCC1(NS(=O)(=O)c2cn3c(n2)CCCC3)CCCC1. The van der Waals surface area contributed by atoms with E-state index in [1.54, 1.807) is 6.20 Å². The molecule has 2 aliphatic rings. The molecule has 3 N–H and O–H groups in total. The van der Waals surface area contributed by atoms with E-state index in [4.69, 9.17) is 5.73 Å². The first-order valence-electron chi connectivity index (χ1n) is 7.35. The number of hydrogen-bond donors (Lipinski definition) is 2. The number of fused-ring (bicyclic) bond motifs is 1. The number of aromatic nitrogens is 2. The summed E-state index contributed by atoms with van der Waals surface area (Å²) in [5.41, 5.74) is 5.33. The van der Waals surface area contributed by atoms with Crippen LogP contribution in [-0.4, -0.2) is 30.1 Å². The van der Waals surface area contributed by atoms with Crippen LogP contribution in [0.25, 0.3) is 0 Å². The normalized spacial score (nSPS) is 20.8. The molecule has 120 valence electrons. The van der Waals surface area contributed by atoms with E-state index in [-0.39, 0.29) is 17.4 Å². The van der Waals surface area contributed by atoms with E-state index in [0.29, 0.717) is 6.54 Å². The van der Waals surface area contributed by atoms with Crippen LogP contribution >= 0.6 is 12.4 Å². The number of hydrogen-bond acceptors (Lipinski definition) is 4. The van der Waals surface area contributed by atoms with Gasteiger partial charge < -0.3 is 10.3 Å². The molecule has 2 heterocycles. The molecule has 1 fully saturated rings. The van der Waals surface area contributed by atoms with Gasteiger partial charge in [-0.1, -0.05) is 12.8 Å². The third-order valence-corrected chi connectivity index (χ3v) is 5.91. The Morgan fingerprint density at radius 2 is 2.00 bits per heavy atom. The van der Waals surface area contributed by atoms with Gasteiger partial charge in [0.15, 0.2) is 5.03 Å². The Labute approximate surface area is 132 Å². The molecule has 1 aliphatic heterocycles. The van der Waals surface area contributed by atoms with Crippen LogP contribution in [0.3, 0.4) is 0 Å². The molecule has 21 heavy (non-hydrogen) atoms. The van der Waals surface area contributed by atoms with Gasteiger partial charge in [-0.3, -0.25) is 0 Å². The molecule has 0 bridgehead atoms. The van der Waals surface area contributed by atoms with Crippen LogP contribution < -0.4 is 10.5 Å². The Bertz CT molecular complexity index is 570. The first-order valence-corrected chi connectivity index (χ1v) is 8.83. The van der Waals surface area contributed by atoms with Crippen LogP contribution in [0.2, 0.25) is 0 Å². The molecule has 0 atom stereocenters. The highest BCUT2D eigenvalue weighted by molar-refractivity contribution is 7.89. The molecule has 0 unspecified atom stereocenters. The number of aryl methyl sites for hydroxylation is 2. The van der Waals surface area contributed by atoms with Gasteiger partial charge >= 0.3 is 0 Å². The predicted octanol–water partition coefficient (Wildman–Crippen LogP) is 1.19. The Morgan fingerprint density at radius 1 is 1.29 bits per heavy atom. The lowest BCUT2D eigenvalue weighted by Crippen LogP contribution is -2.51. The molecule has 1 aromatic rings. The monoisotopic (exact) mass is 334 g/mol. The molecule has 1 aromatic heterocycles. The van der Waals surface area contributed by atoms with Crippen molar-refractivity contribution in [2.45, 2.75) is 62.1 Å². The minimum Gasteiger partial charge on any atom is -0.333 e. The Hall–Kier alpha value is -0.630. The van der Waals surface area contributed by atoms with E-state index in [0.717, 1.165) is 57.3 Å². The van der Waals surface area contributed by atoms with Crippen molar-refractivity contribution in [3.05, 3.63) is 12.0 Å². The topological polar surface area (TPSA) is 90.0 Å². The molecule has 8 heteroatoms. The molecule has 1 saturated carbocycles. The highest BCUT2D eigenvalue weighted by Crippen LogP contribution is 2.30. The summed E-state index contributed by atoms with van der Waals surface area (Å²) in [5.74, 6) is 0.879. The van der Waals surface area contributed by atoms with Crippen LogP contribution in [0, 0.1) is 0 Å². The smallest absolute Gasteiger partial charge is 0.260 e. The number of halogens is 1. The molecule has 1 aliphatic carbocycles. The van der Waals surface area contributed by atoms with E-state index in [9.17, 15) is 8.42 Å². The molecule has 0 amide bonds. The van der Waals surface area contributed by atoms with Crippen molar-refractivity contribution in [3.8, 4) is 0 Å². The van der Waals surface area contributed by atoms with Gasteiger partial charge in [-0.15, -0.1) is 12.4 Å². The van der Waals surface area contributed by atoms with Gasteiger partial charge in [-0.2, -0.15) is 0 Å². The Morgan fingerprint density at radius 3 is 2.62 bits per heavy atom. The summed E-state index contributed by atoms with van der Waals surface area (Å²) in [4.78, 5) is 4.30. The molecule has 0 radical (unpaired) electrons. The first kappa shape index (κ1) is 16.7. The predicted molar refractivity (Wildman–Crippen MR) is 83.0 cm³/mol. The van der Waals surface area contributed by atoms with E-state index in [2.05, 4.69) is 9.71 Å². The van der Waals surface area contributed by atoms with E-state index >= 15 is 0 Å². The lowest BCUT2D eigenvalue weighted by atomic mass is 10.0. The van der Waals surface area contributed by atoms with Gasteiger partial charge in [-0.25, -0.2) is 18.1 Å². The second kappa shape index (κ2) is 6.24. The van der Waals surface area contributed by atoms with Gasteiger partial charge in [0.25, 0.3) is 10.0 Å². The minimum absolute atomic E-state index is 0. The van der Waals surface area contributed by atoms with E-state index in [1.807, 2.05) is 4.57 Å². The summed E-state index contributed by atoms with van der Waals surface area (Å²) in [6.07, 6.45) is 8.37. The number of nitrogens with zero attached hydrogens (tertiary/aromatic N) is 2. The molecule has 6 nitrogen and oxygen atoms in total. The van der Waals surface area contributed by atoms with Crippen molar-refractivity contribution in [1.29, 1.82) is 0 Å². The van der Waals surface area contributed by atoms with Gasteiger partial charge in [0.2, 0.25) is 0 Å². The summed E-state index contributed by atoms with van der Waals surface area (Å²) in [6, 6.07) is 0. The fourth-order valence-corrected chi connectivity index (χ4v) is 4.71. The van der Waals surface area contributed by atoms with Crippen molar-refractivity contribution >= 4 is 22.4 Å². The zero-order valence-electron chi connectivity index (χ0n) is 12.0. The number of sulfonamides is 1. The minimum atomic E-state index is -3.57. The zero-order chi connectivity index (χ0) is 14.2. The molecule has 0 aromatic carbocycles. The molecule has 3 rings (SSSR count). The fraction of sp³-hybridized carbons (Fsp3) is 0.769. The Kier molecular flexibility index (Phi) is 4.97. The van der Waals surface area contributed by atoms with Gasteiger partial charge in [0.05, 0.1) is 0 Å². The quantitative estimate of drug-likeness (QED) is 0.865. The third kappa shape index (κ3) is 3.26. The molecule has 0 saturated heterocycles. The van der Waals surface area contributed by atoms with Crippen molar-refractivity contribution in [2.75, 3.05) is 6.54 Å². The van der Waals surface area contributed by atoms with Gasteiger partial charge in [0.1, 0.15) is 5.82 Å². The summed E-state index contributed by atoms with van der Waals surface area (Å²) in [6.45, 7) is 1.21. The standard InChI is InChI=1S/C13H22N4O2S.ClH/c14-10-13(6-2-3-7-13)16-20(18,19)12-9-17-8-4-1-5-11(17)15-12;/h9,16H,1-8,10,14H2;1H. The van der Waals surface area contributed by atoms with Crippen molar-refractivity contribution < 1.29 is 8.42 Å². The van der Waals surface area contributed by atoms with Crippen LogP contribution in [0.5, 0.6) is 0 Å². The molecule has 0 spiro atoms. The van der Waals surface area contributed by atoms with Crippen LogP contribution in [0.4, 0.5) is 0 Å². The van der Waals surface area contributed by atoms with Crippen LogP contribution in [0.15, 0.2) is 11.2 Å². The van der Waals surface area contributed by atoms with Crippen LogP contribution in [-0.2, 0) is 23.0 Å². The maximum Gasteiger partial charge on any atom is 0.260 e. The van der Waals surface area contributed by atoms with E-state index in [1.165, 1.54) is 0 Å². The van der Waals surface area contributed by atoms with E-state index < -0.39 is 15.6 Å². The van der Waals surface area contributed by atoms with Crippen molar-refractivity contribution in [2.24, 2.45) is 5.73 Å². The molecular formula is C13H23ClN4O2S. The van der Waals surface area contributed by atoms with Gasteiger partial charge in [-0.05, 0) is 25.7 Å². The fourth-order valence-electron chi connectivity index (χ4n) is 3.25. The summed E-state index contributed by atoms with van der Waals surface area (Å²) in [5, 5.41) is 0.147. The lowest BCUT2D eigenvalue weighted by Gasteiger charge is -2.27. The maximum absolute atomic E-state index is 12.5. The number of imidazole rings is 1. The largest absolute Gasteiger partial charge is 0.333 e. The third-order valence-electron chi connectivity index (χ3n) is 4.46. The Balaban J connectivity index is 0.00000161. The van der Waals surface area contributed by atoms with Crippen molar-refractivity contribution in [1.82, 2.24) is 14.3 Å². The highest BCUT2D eigenvalue weighted by Gasteiger charge is 2.37. The number of nitrogens with two attached hydrogens (primary N) is 1. The van der Waals surface area contributed by atoms with Crippen LogP contribution in [0.1, 0.15) is 44.3 Å². The average Bonchev–Trinajstić information content (AvgIpc) is 3.05. The second-order valence-electron chi connectivity index (χ2n) is 5.94. The zero-order valence-corrected chi connectivity index (χ0v) is 13.7. The summed E-state index contributed by atoms with van der Waals surface area (Å²) >= 11 is 0. The highest BCUT2D eigenvalue weighted by atomic mass is 35.5. The number of rotatable bonds is 4. The maximum atomic E-state index is 12.5. The second-order valence-corrected chi connectivity index (χ2v) is 7.57. The first-order chi connectivity index (χ1) is 9.55. The summed E-state index contributed by atoms with van der Waals surface area (Å²) < 4.78 is 29.8. The van der Waals surface area contributed by atoms with Crippen molar-refractivity contribution in [3.63, 3.8) is 0 Å².